The number of fused-ring (bicyclic) bond motifs is 2. The van der Waals surface area contributed by atoms with Crippen molar-refractivity contribution in [3.8, 4) is 0 Å². The van der Waals surface area contributed by atoms with Gasteiger partial charge in [-0.15, -0.1) is 4.73 Å². The van der Waals surface area contributed by atoms with Crippen molar-refractivity contribution in [3.05, 3.63) is 103 Å². The summed E-state index contributed by atoms with van der Waals surface area (Å²) in [6.07, 6.45) is 8.19. The van der Waals surface area contributed by atoms with Crippen LogP contribution in [0, 0.1) is 0 Å². The summed E-state index contributed by atoms with van der Waals surface area (Å²) in [5, 5.41) is 13.2. The number of benzene rings is 1. The second kappa shape index (κ2) is 9.81. The van der Waals surface area contributed by atoms with Crippen molar-refractivity contribution in [2.45, 2.75) is 39.2 Å². The van der Waals surface area contributed by atoms with E-state index in [-0.39, 0.29) is 11.9 Å². The Balaban J connectivity index is 1.31. The van der Waals surface area contributed by atoms with Gasteiger partial charge in [-0.05, 0) is 62.4 Å². The minimum Gasteiger partial charge on any atom is -0.462 e. The van der Waals surface area contributed by atoms with Gasteiger partial charge in [0.15, 0.2) is 0 Å². The Morgan fingerprint density at radius 1 is 1.05 bits per heavy atom. The van der Waals surface area contributed by atoms with Gasteiger partial charge in [0, 0.05) is 35.9 Å². The van der Waals surface area contributed by atoms with Gasteiger partial charge in [0.2, 0.25) is 0 Å². The monoisotopic (exact) mass is 502 g/mol. The van der Waals surface area contributed by atoms with Crippen LogP contribution in [0.4, 0.5) is 0 Å². The number of aromatic nitrogens is 3. The van der Waals surface area contributed by atoms with Crippen LogP contribution in [0.15, 0.2) is 64.0 Å². The molecule has 0 aliphatic heterocycles. The Bertz CT molecular complexity index is 1570. The summed E-state index contributed by atoms with van der Waals surface area (Å²) in [6.45, 7) is 2.36. The molecular formula is C27H26N4O6. The van der Waals surface area contributed by atoms with Crippen molar-refractivity contribution in [3.63, 3.8) is 0 Å². The van der Waals surface area contributed by atoms with Crippen molar-refractivity contribution in [2.75, 3.05) is 6.61 Å². The first kappa shape index (κ1) is 24.1. The Morgan fingerprint density at radius 3 is 2.57 bits per heavy atom. The number of allylic oxidation sites excluding steroid dienone is 4. The van der Waals surface area contributed by atoms with E-state index in [0.717, 1.165) is 41.7 Å². The third kappa shape index (κ3) is 4.65. The molecule has 1 aromatic carbocycles. The van der Waals surface area contributed by atoms with Gasteiger partial charge in [0.05, 0.1) is 17.7 Å². The highest BCUT2D eigenvalue weighted by Gasteiger charge is 2.27. The number of rotatable bonds is 6. The minimum atomic E-state index is -1.01. The number of hydrogen-bond acceptors (Lipinski definition) is 6. The molecule has 37 heavy (non-hydrogen) atoms. The fourth-order valence-corrected chi connectivity index (χ4v) is 4.73. The van der Waals surface area contributed by atoms with Gasteiger partial charge in [-0.2, -0.15) is 0 Å². The lowest BCUT2D eigenvalue weighted by Gasteiger charge is -2.26. The van der Waals surface area contributed by atoms with Crippen molar-refractivity contribution < 1.29 is 19.5 Å². The molecule has 10 heteroatoms. The average molecular weight is 503 g/mol. The van der Waals surface area contributed by atoms with E-state index in [2.05, 4.69) is 10.3 Å². The first-order valence-corrected chi connectivity index (χ1v) is 12.1. The summed E-state index contributed by atoms with van der Waals surface area (Å²) in [7, 11) is 0. The molecule has 0 bridgehead atoms. The standard InChI is InChI=1S/C27H26N4O6/c1-2-37-27(35)18-5-3-16(4-6-18)14-28-24(32)19-11-12-30(15-19)20-9-7-17-8-10-22-23(21(17)13-20)31(36)26(34)25(33)29-22/h3-6,11-13,15,36H,2,7-10,14H2,1H3,(H,28,32)(H,29,33). The number of aryl methyl sites for hydroxylation is 1. The van der Waals surface area contributed by atoms with Crippen molar-refractivity contribution in [2.24, 2.45) is 0 Å². The highest BCUT2D eigenvalue weighted by molar-refractivity contribution is 5.94. The Labute approximate surface area is 211 Å². The molecule has 2 heterocycles. The van der Waals surface area contributed by atoms with E-state index in [4.69, 9.17) is 4.74 Å². The molecule has 0 saturated heterocycles. The minimum absolute atomic E-state index is 0.241. The number of H-pyrrole nitrogens is 1. The molecule has 1 amide bonds. The fourth-order valence-electron chi connectivity index (χ4n) is 4.73. The van der Waals surface area contributed by atoms with Crippen molar-refractivity contribution in [1.82, 2.24) is 19.6 Å². The smallest absolute Gasteiger partial charge is 0.348 e. The lowest BCUT2D eigenvalue weighted by molar-refractivity contribution is 0.0526. The van der Waals surface area contributed by atoms with E-state index in [0.29, 0.717) is 46.8 Å². The van der Waals surface area contributed by atoms with Gasteiger partial charge in [0.1, 0.15) is 5.69 Å². The van der Waals surface area contributed by atoms with E-state index >= 15 is 0 Å². The molecule has 2 aliphatic rings. The first-order chi connectivity index (χ1) is 17.9. The molecule has 0 saturated carbocycles. The normalized spacial score (nSPS) is 14.5. The molecule has 10 nitrogen and oxygen atoms in total. The maximum Gasteiger partial charge on any atom is 0.348 e. The summed E-state index contributed by atoms with van der Waals surface area (Å²) in [5.41, 5.74) is 3.53. The Kier molecular flexibility index (Phi) is 6.39. The van der Waals surface area contributed by atoms with E-state index in [9.17, 15) is 24.4 Å². The van der Waals surface area contributed by atoms with Crippen LogP contribution in [0.3, 0.4) is 0 Å². The first-order valence-electron chi connectivity index (χ1n) is 12.1. The van der Waals surface area contributed by atoms with Crippen LogP contribution < -0.4 is 16.4 Å². The molecule has 2 aliphatic carbocycles. The highest BCUT2D eigenvalue weighted by Crippen LogP contribution is 2.38. The van der Waals surface area contributed by atoms with E-state index in [1.165, 1.54) is 0 Å². The molecule has 2 aromatic heterocycles. The van der Waals surface area contributed by atoms with E-state index in [1.807, 2.05) is 10.6 Å². The summed E-state index contributed by atoms with van der Waals surface area (Å²) in [5.74, 6) is -0.624. The number of nitrogens with one attached hydrogen (secondary N) is 2. The van der Waals surface area contributed by atoms with Crippen LogP contribution >= 0.6 is 0 Å². The zero-order chi connectivity index (χ0) is 26.1. The maximum absolute atomic E-state index is 12.7. The number of carbonyl (C=O) groups is 2. The number of nitrogens with zero attached hydrogens (tertiary/aromatic N) is 2. The van der Waals surface area contributed by atoms with E-state index in [1.54, 1.807) is 49.6 Å². The topological polar surface area (TPSA) is 135 Å². The molecule has 0 atom stereocenters. The predicted octanol–water partition coefficient (Wildman–Crippen LogP) is 2.72. The van der Waals surface area contributed by atoms with Crippen LogP contribution in [0.5, 0.6) is 0 Å². The summed E-state index contributed by atoms with van der Waals surface area (Å²) in [4.78, 5) is 50.9. The predicted molar refractivity (Wildman–Crippen MR) is 135 cm³/mol. The fraction of sp³-hybridized carbons (Fsp3) is 0.259. The molecule has 3 aromatic rings. The SMILES string of the molecule is CCOC(=O)c1ccc(CNC(=O)c2ccn(C3=CC4=C(CC3)CCc3[nH]c(=O)c(=O)n(O)c34)c2)cc1. The van der Waals surface area contributed by atoms with Crippen LogP contribution in [0.2, 0.25) is 0 Å². The average Bonchev–Trinajstić information content (AvgIpc) is 3.41. The second-order valence-corrected chi connectivity index (χ2v) is 8.96. The van der Waals surface area contributed by atoms with Crippen molar-refractivity contribution >= 4 is 23.1 Å². The number of ether oxygens (including phenoxy) is 1. The maximum atomic E-state index is 12.7. The van der Waals surface area contributed by atoms with E-state index < -0.39 is 11.1 Å². The summed E-state index contributed by atoms with van der Waals surface area (Å²) >= 11 is 0. The molecule has 0 spiro atoms. The number of esters is 1. The van der Waals surface area contributed by atoms with Crippen molar-refractivity contribution in [1.29, 1.82) is 0 Å². The zero-order valence-corrected chi connectivity index (χ0v) is 20.2. The lowest BCUT2D eigenvalue weighted by Crippen LogP contribution is -2.39. The number of amides is 1. The lowest BCUT2D eigenvalue weighted by atomic mass is 9.85. The molecule has 190 valence electrons. The van der Waals surface area contributed by atoms with Gasteiger partial charge < -0.3 is 24.8 Å². The summed E-state index contributed by atoms with van der Waals surface area (Å²) in [6, 6.07) is 8.59. The third-order valence-corrected chi connectivity index (χ3v) is 6.66. The van der Waals surface area contributed by atoms with Gasteiger partial charge in [-0.1, -0.05) is 17.7 Å². The molecule has 0 fully saturated rings. The Hall–Kier alpha value is -4.60. The highest BCUT2D eigenvalue weighted by atomic mass is 16.5. The molecule has 0 unspecified atom stereocenters. The van der Waals surface area contributed by atoms with Crippen LogP contribution in [-0.2, 0) is 17.7 Å². The third-order valence-electron chi connectivity index (χ3n) is 6.66. The van der Waals surface area contributed by atoms with Crippen LogP contribution in [0.1, 0.15) is 63.9 Å². The van der Waals surface area contributed by atoms with Crippen LogP contribution in [-0.4, -0.2) is 38.0 Å². The molecule has 3 N–H and O–H groups in total. The Morgan fingerprint density at radius 2 is 1.81 bits per heavy atom. The van der Waals surface area contributed by atoms with Gasteiger partial charge in [0.25, 0.3) is 5.91 Å². The van der Waals surface area contributed by atoms with Crippen LogP contribution in [0.25, 0.3) is 11.3 Å². The largest absolute Gasteiger partial charge is 0.462 e. The second-order valence-electron chi connectivity index (χ2n) is 8.96. The number of hydrogen-bond donors (Lipinski definition) is 3. The zero-order valence-electron chi connectivity index (χ0n) is 20.2. The number of carbonyl (C=O) groups excluding carboxylic acids is 2. The molecule has 0 radical (unpaired) electrons. The van der Waals surface area contributed by atoms with Gasteiger partial charge >= 0.3 is 17.1 Å². The summed E-state index contributed by atoms with van der Waals surface area (Å²) < 4.78 is 7.27. The quantitative estimate of drug-likeness (QED) is 0.269. The molecular weight excluding hydrogens is 476 g/mol. The van der Waals surface area contributed by atoms with Gasteiger partial charge in [-0.25, -0.2) is 4.79 Å². The molecule has 5 rings (SSSR count). The van der Waals surface area contributed by atoms with Gasteiger partial charge in [-0.3, -0.25) is 14.4 Å². The number of aromatic amines is 1.